The topological polar surface area (TPSA) is 145 Å². The molecule has 11 heteroatoms. The number of nitrogen functional groups attached to an aromatic ring is 1. The van der Waals surface area contributed by atoms with Crippen LogP contribution >= 0.6 is 0 Å². The highest BCUT2D eigenvalue weighted by Crippen LogP contribution is 2.29. The van der Waals surface area contributed by atoms with E-state index >= 15 is 0 Å². The van der Waals surface area contributed by atoms with Gasteiger partial charge in [0.15, 0.2) is 0 Å². The summed E-state index contributed by atoms with van der Waals surface area (Å²) in [6.07, 6.45) is 6.07. The standard InChI is InChI=1S/C23H24N8O3/c1-13(12-34-2)30-7-5-15(6-8-30)31-20-16(21(32)29-23(31)33)11-25-18-4-3-17(28-19(18)20)14-9-26-22(24)27-10-14/h3-4,9-11,15H,1,5-8,12H2,2H3,(H2,24,26,27)(H,29,32,33). The van der Waals surface area contributed by atoms with Gasteiger partial charge in [0, 0.05) is 56.1 Å². The number of rotatable bonds is 5. The monoisotopic (exact) mass is 460 g/mol. The Bertz CT molecular complexity index is 1500. The van der Waals surface area contributed by atoms with E-state index in [0.717, 1.165) is 18.8 Å². The third-order valence-electron chi connectivity index (χ3n) is 6.17. The molecule has 0 spiro atoms. The lowest BCUT2D eigenvalue weighted by Gasteiger charge is -2.35. The lowest BCUT2D eigenvalue weighted by molar-refractivity contribution is 0.163. The third kappa shape index (κ3) is 3.79. The second-order valence-corrected chi connectivity index (χ2v) is 8.26. The van der Waals surface area contributed by atoms with E-state index in [2.05, 4.69) is 31.4 Å². The number of nitrogens with zero attached hydrogens (tertiary/aromatic N) is 6. The highest BCUT2D eigenvalue weighted by molar-refractivity contribution is 6.01. The Morgan fingerprint density at radius 1 is 1.18 bits per heavy atom. The molecule has 0 aromatic carbocycles. The molecule has 11 nitrogen and oxygen atoms in total. The summed E-state index contributed by atoms with van der Waals surface area (Å²) in [4.78, 5) is 47.6. The number of methoxy groups -OCH3 is 1. The van der Waals surface area contributed by atoms with E-state index in [0.29, 0.717) is 52.6 Å². The average Bonchev–Trinajstić information content (AvgIpc) is 2.84. The minimum atomic E-state index is -0.487. The minimum absolute atomic E-state index is 0.116. The molecule has 174 valence electrons. The Labute approximate surface area is 194 Å². The van der Waals surface area contributed by atoms with Gasteiger partial charge in [0.05, 0.1) is 28.7 Å². The number of nitrogens with one attached hydrogen (secondary N) is 1. The number of H-pyrrole nitrogens is 1. The number of anilines is 1. The van der Waals surface area contributed by atoms with Gasteiger partial charge in [0.1, 0.15) is 5.52 Å². The molecule has 0 unspecified atom stereocenters. The second kappa shape index (κ2) is 8.67. The normalized spacial score (nSPS) is 14.7. The average molecular weight is 460 g/mol. The van der Waals surface area contributed by atoms with Crippen LogP contribution in [-0.2, 0) is 4.74 Å². The molecule has 0 radical (unpaired) electrons. The Balaban J connectivity index is 1.65. The maximum atomic E-state index is 13.1. The third-order valence-corrected chi connectivity index (χ3v) is 6.17. The number of ether oxygens (including phenoxy) is 1. The molecule has 1 aliphatic heterocycles. The smallest absolute Gasteiger partial charge is 0.329 e. The van der Waals surface area contributed by atoms with E-state index in [1.54, 1.807) is 36.2 Å². The van der Waals surface area contributed by atoms with Crippen molar-refractivity contribution in [2.24, 2.45) is 0 Å². The summed E-state index contributed by atoms with van der Waals surface area (Å²) < 4.78 is 6.85. The van der Waals surface area contributed by atoms with Crippen molar-refractivity contribution in [2.75, 3.05) is 32.5 Å². The molecule has 4 aromatic heterocycles. The summed E-state index contributed by atoms with van der Waals surface area (Å²) in [7, 11) is 1.64. The maximum Gasteiger partial charge on any atom is 0.329 e. The summed E-state index contributed by atoms with van der Waals surface area (Å²) >= 11 is 0. The van der Waals surface area contributed by atoms with Crippen molar-refractivity contribution >= 4 is 27.9 Å². The van der Waals surface area contributed by atoms with Crippen LogP contribution in [0.4, 0.5) is 5.95 Å². The molecule has 1 fully saturated rings. The highest BCUT2D eigenvalue weighted by atomic mass is 16.5. The Morgan fingerprint density at radius 3 is 2.62 bits per heavy atom. The van der Waals surface area contributed by atoms with Gasteiger partial charge in [-0.1, -0.05) is 6.58 Å². The van der Waals surface area contributed by atoms with Gasteiger partial charge < -0.3 is 15.4 Å². The molecule has 1 aliphatic rings. The molecule has 0 atom stereocenters. The van der Waals surface area contributed by atoms with E-state index in [-0.39, 0.29) is 12.0 Å². The van der Waals surface area contributed by atoms with Gasteiger partial charge in [-0.05, 0) is 25.0 Å². The van der Waals surface area contributed by atoms with Gasteiger partial charge in [-0.3, -0.25) is 19.3 Å². The van der Waals surface area contributed by atoms with Crippen LogP contribution in [0.3, 0.4) is 0 Å². The van der Waals surface area contributed by atoms with Crippen molar-refractivity contribution in [3.63, 3.8) is 0 Å². The molecular formula is C23H24N8O3. The fourth-order valence-corrected chi connectivity index (χ4v) is 4.47. The lowest BCUT2D eigenvalue weighted by Crippen LogP contribution is -2.40. The highest BCUT2D eigenvalue weighted by Gasteiger charge is 2.25. The molecule has 1 saturated heterocycles. The molecule has 4 aromatic rings. The van der Waals surface area contributed by atoms with Gasteiger partial charge in [-0.2, -0.15) is 0 Å². The first-order chi connectivity index (χ1) is 16.5. The van der Waals surface area contributed by atoms with Crippen LogP contribution < -0.4 is 17.0 Å². The molecule has 0 aliphatic carbocycles. The summed E-state index contributed by atoms with van der Waals surface area (Å²) in [6.45, 7) is 5.99. The molecule has 5 heterocycles. The molecule has 0 bridgehead atoms. The minimum Gasteiger partial charge on any atom is -0.379 e. The van der Waals surface area contributed by atoms with E-state index in [9.17, 15) is 9.59 Å². The second-order valence-electron chi connectivity index (χ2n) is 8.26. The van der Waals surface area contributed by atoms with Crippen molar-refractivity contribution in [1.82, 2.24) is 34.4 Å². The molecule has 0 amide bonds. The van der Waals surface area contributed by atoms with E-state index in [1.807, 2.05) is 0 Å². The molecule has 0 saturated carbocycles. The van der Waals surface area contributed by atoms with Gasteiger partial charge in [0.25, 0.3) is 5.56 Å². The predicted molar refractivity (Wildman–Crippen MR) is 128 cm³/mol. The van der Waals surface area contributed by atoms with E-state index in [1.165, 1.54) is 6.20 Å². The van der Waals surface area contributed by atoms with Crippen molar-refractivity contribution in [3.8, 4) is 11.3 Å². The number of pyridine rings is 2. The Morgan fingerprint density at radius 2 is 1.91 bits per heavy atom. The molecule has 3 N–H and O–H groups in total. The number of hydrogen-bond acceptors (Lipinski definition) is 9. The molecule has 5 rings (SSSR count). The van der Waals surface area contributed by atoms with E-state index < -0.39 is 11.2 Å². The number of aromatic amines is 1. The van der Waals surface area contributed by atoms with Crippen LogP contribution in [0.15, 0.2) is 52.6 Å². The van der Waals surface area contributed by atoms with Gasteiger partial charge in [-0.25, -0.2) is 19.7 Å². The summed E-state index contributed by atoms with van der Waals surface area (Å²) in [5, 5.41) is 0.316. The van der Waals surface area contributed by atoms with Crippen LogP contribution in [0.1, 0.15) is 18.9 Å². The zero-order valence-electron chi connectivity index (χ0n) is 18.7. The Hall–Kier alpha value is -4.12. The predicted octanol–water partition coefficient (Wildman–Crippen LogP) is 1.47. The largest absolute Gasteiger partial charge is 0.379 e. The van der Waals surface area contributed by atoms with Gasteiger partial charge in [-0.15, -0.1) is 0 Å². The maximum absolute atomic E-state index is 13.1. The SMILES string of the molecule is C=C(COC)N1CCC(n2c(=O)[nH]c(=O)c3cnc4ccc(-c5cnc(N)nc5)nc4c32)CC1. The fraction of sp³-hybridized carbons (Fsp3) is 0.304. The zero-order valence-corrected chi connectivity index (χ0v) is 18.7. The lowest BCUT2D eigenvalue weighted by atomic mass is 10.0. The van der Waals surface area contributed by atoms with Crippen molar-refractivity contribution in [3.05, 3.63) is 63.8 Å². The number of hydrogen-bond donors (Lipinski definition) is 2. The Kier molecular flexibility index (Phi) is 5.54. The van der Waals surface area contributed by atoms with Gasteiger partial charge >= 0.3 is 5.69 Å². The number of fused-ring (bicyclic) bond motifs is 3. The molecular weight excluding hydrogens is 436 g/mol. The molecule has 34 heavy (non-hydrogen) atoms. The first-order valence-electron chi connectivity index (χ1n) is 10.9. The quantitative estimate of drug-likeness (QED) is 0.423. The van der Waals surface area contributed by atoms with Crippen LogP contribution in [0.25, 0.3) is 33.2 Å². The van der Waals surface area contributed by atoms with Crippen molar-refractivity contribution in [1.29, 1.82) is 0 Å². The number of piperidine rings is 1. The van der Waals surface area contributed by atoms with Crippen molar-refractivity contribution in [2.45, 2.75) is 18.9 Å². The van der Waals surface area contributed by atoms with Crippen LogP contribution in [0.5, 0.6) is 0 Å². The first-order valence-corrected chi connectivity index (χ1v) is 10.9. The zero-order chi connectivity index (χ0) is 23.8. The summed E-state index contributed by atoms with van der Waals surface area (Å²) in [5.41, 5.74) is 8.36. The van der Waals surface area contributed by atoms with Gasteiger partial charge in [0.2, 0.25) is 5.95 Å². The summed E-state index contributed by atoms with van der Waals surface area (Å²) in [6, 6.07) is 3.49. The van der Waals surface area contributed by atoms with Crippen LogP contribution in [-0.4, -0.2) is 61.2 Å². The van der Waals surface area contributed by atoms with Crippen LogP contribution in [0, 0.1) is 0 Å². The van der Waals surface area contributed by atoms with Crippen LogP contribution in [0.2, 0.25) is 0 Å². The fourth-order valence-electron chi connectivity index (χ4n) is 4.47. The number of aromatic nitrogens is 6. The number of nitrogens with two attached hydrogens (primary N) is 1. The van der Waals surface area contributed by atoms with Crippen molar-refractivity contribution < 1.29 is 4.74 Å². The van der Waals surface area contributed by atoms with E-state index in [4.69, 9.17) is 15.5 Å². The first kappa shape index (κ1) is 21.7. The number of likely N-dealkylation sites (tertiary alicyclic amines) is 1. The summed E-state index contributed by atoms with van der Waals surface area (Å²) in [5.74, 6) is 0.163.